The number of nitrogens with one attached hydrogen (secondary N) is 1. The second-order valence-corrected chi connectivity index (χ2v) is 5.81. The van der Waals surface area contributed by atoms with Gasteiger partial charge in [-0.05, 0) is 36.8 Å². The Morgan fingerprint density at radius 3 is 2.69 bits per heavy atom. The van der Waals surface area contributed by atoms with Crippen LogP contribution < -0.4 is 14.8 Å². The van der Waals surface area contributed by atoms with Gasteiger partial charge in [0.1, 0.15) is 23.4 Å². The molecule has 1 aromatic heterocycles. The molecule has 0 saturated heterocycles. The lowest BCUT2D eigenvalue weighted by atomic mass is 10.1. The summed E-state index contributed by atoms with van der Waals surface area (Å²) in [6.45, 7) is 2.19. The molecule has 0 spiro atoms. The van der Waals surface area contributed by atoms with Gasteiger partial charge in [-0.1, -0.05) is 0 Å². The average molecular weight is 351 g/mol. The average Bonchev–Trinajstić information content (AvgIpc) is 2.65. The molecule has 6 heteroatoms. The minimum Gasteiger partial charge on any atom is -0.497 e. The topological polar surface area (TPSA) is 67.2 Å². The van der Waals surface area contributed by atoms with Gasteiger partial charge in [-0.15, -0.1) is 0 Å². The maximum Gasteiger partial charge on any atom is 0.127 e. The first-order valence-corrected chi connectivity index (χ1v) is 8.01. The predicted octanol–water partition coefficient (Wildman–Crippen LogP) is 4.18. The Morgan fingerprint density at radius 1 is 1.19 bits per heavy atom. The number of aryl methyl sites for hydroxylation is 1. The number of hydrogen-bond donors (Lipinski definition) is 1. The van der Waals surface area contributed by atoms with Crippen LogP contribution in [-0.4, -0.2) is 19.2 Å². The van der Waals surface area contributed by atoms with E-state index in [0.29, 0.717) is 40.2 Å². The highest BCUT2D eigenvalue weighted by Crippen LogP contribution is 2.30. The summed E-state index contributed by atoms with van der Waals surface area (Å²) >= 11 is 0. The molecule has 0 amide bonds. The van der Waals surface area contributed by atoms with Crippen LogP contribution in [-0.2, 0) is 6.54 Å². The van der Waals surface area contributed by atoms with Crippen molar-refractivity contribution in [3.8, 4) is 17.6 Å². The van der Waals surface area contributed by atoms with Crippen molar-refractivity contribution in [3.05, 3.63) is 59.0 Å². The maximum atomic E-state index is 13.9. The third kappa shape index (κ3) is 3.24. The van der Waals surface area contributed by atoms with Crippen molar-refractivity contribution in [2.45, 2.75) is 13.5 Å². The zero-order valence-electron chi connectivity index (χ0n) is 14.8. The molecule has 0 unspecified atom stereocenters. The van der Waals surface area contributed by atoms with Gasteiger partial charge in [-0.3, -0.25) is 4.98 Å². The molecule has 1 N–H and O–H groups in total. The summed E-state index contributed by atoms with van der Waals surface area (Å²) in [6, 6.07) is 10.4. The number of anilines is 1. The van der Waals surface area contributed by atoms with E-state index in [1.54, 1.807) is 27.2 Å². The third-order valence-electron chi connectivity index (χ3n) is 4.20. The number of ether oxygens (including phenoxy) is 2. The first-order chi connectivity index (χ1) is 12.6. The van der Waals surface area contributed by atoms with Crippen LogP contribution in [0.3, 0.4) is 0 Å². The van der Waals surface area contributed by atoms with Gasteiger partial charge in [-0.2, -0.15) is 5.26 Å². The summed E-state index contributed by atoms with van der Waals surface area (Å²) in [7, 11) is 3.17. The van der Waals surface area contributed by atoms with E-state index >= 15 is 0 Å². The Hall–Kier alpha value is -3.33. The second-order valence-electron chi connectivity index (χ2n) is 5.81. The van der Waals surface area contributed by atoms with E-state index in [4.69, 9.17) is 9.47 Å². The highest BCUT2D eigenvalue weighted by atomic mass is 19.1. The molecule has 26 heavy (non-hydrogen) atoms. The summed E-state index contributed by atoms with van der Waals surface area (Å²) in [4.78, 5) is 4.29. The number of hydrogen-bond acceptors (Lipinski definition) is 5. The number of halogens is 1. The number of methoxy groups -OCH3 is 2. The summed E-state index contributed by atoms with van der Waals surface area (Å²) in [6.07, 6.45) is 1.50. The van der Waals surface area contributed by atoms with Crippen molar-refractivity contribution in [3.63, 3.8) is 0 Å². The molecule has 3 aromatic rings. The number of nitrogens with zero attached hydrogens (tertiary/aromatic N) is 2. The van der Waals surface area contributed by atoms with Gasteiger partial charge in [0.2, 0.25) is 0 Å². The van der Waals surface area contributed by atoms with Crippen LogP contribution in [0.1, 0.15) is 16.7 Å². The van der Waals surface area contributed by atoms with Gasteiger partial charge in [0.05, 0.1) is 31.0 Å². The van der Waals surface area contributed by atoms with Crippen molar-refractivity contribution < 1.29 is 13.9 Å². The van der Waals surface area contributed by atoms with Gasteiger partial charge in [0.25, 0.3) is 0 Å². The number of nitriles is 1. The van der Waals surface area contributed by atoms with E-state index in [0.717, 1.165) is 11.1 Å². The number of aromatic nitrogens is 1. The minimum atomic E-state index is -0.364. The highest BCUT2D eigenvalue weighted by Gasteiger charge is 2.13. The molecule has 2 aromatic carbocycles. The monoisotopic (exact) mass is 351 g/mol. The van der Waals surface area contributed by atoms with Crippen LogP contribution in [0.2, 0.25) is 0 Å². The second kappa shape index (κ2) is 7.28. The Morgan fingerprint density at radius 2 is 2.00 bits per heavy atom. The third-order valence-corrected chi connectivity index (χ3v) is 4.20. The Bertz CT molecular complexity index is 1010. The molecule has 0 atom stereocenters. The molecule has 5 nitrogen and oxygen atoms in total. The fourth-order valence-corrected chi connectivity index (χ4v) is 2.89. The van der Waals surface area contributed by atoms with Crippen LogP contribution in [0, 0.1) is 24.1 Å². The minimum absolute atomic E-state index is 0.356. The van der Waals surface area contributed by atoms with Gasteiger partial charge in [0.15, 0.2) is 0 Å². The normalized spacial score (nSPS) is 10.4. The first kappa shape index (κ1) is 17.5. The molecule has 0 fully saturated rings. The summed E-state index contributed by atoms with van der Waals surface area (Å²) in [5.41, 5.74) is 3.17. The smallest absolute Gasteiger partial charge is 0.127 e. The number of benzene rings is 2. The van der Waals surface area contributed by atoms with Crippen LogP contribution in [0.5, 0.6) is 11.5 Å². The van der Waals surface area contributed by atoms with Gasteiger partial charge < -0.3 is 14.8 Å². The van der Waals surface area contributed by atoms with Gasteiger partial charge >= 0.3 is 0 Å². The Balaban J connectivity index is 2.02. The number of fused-ring (bicyclic) bond motifs is 1. The summed E-state index contributed by atoms with van der Waals surface area (Å²) in [5.74, 6) is 0.989. The van der Waals surface area contributed by atoms with Crippen molar-refractivity contribution in [1.29, 1.82) is 5.26 Å². The lowest BCUT2D eigenvalue weighted by Gasteiger charge is -2.15. The Labute approximate surface area is 151 Å². The van der Waals surface area contributed by atoms with Crippen LogP contribution in [0.4, 0.5) is 10.1 Å². The van der Waals surface area contributed by atoms with E-state index in [-0.39, 0.29) is 5.82 Å². The fourth-order valence-electron chi connectivity index (χ4n) is 2.89. The van der Waals surface area contributed by atoms with Crippen molar-refractivity contribution in [2.24, 2.45) is 0 Å². The molecule has 0 bridgehead atoms. The van der Waals surface area contributed by atoms with E-state index in [1.165, 1.54) is 18.3 Å². The number of pyridine rings is 1. The summed E-state index contributed by atoms with van der Waals surface area (Å²) in [5, 5.41) is 13.2. The van der Waals surface area contributed by atoms with E-state index < -0.39 is 0 Å². The first-order valence-electron chi connectivity index (χ1n) is 8.01. The van der Waals surface area contributed by atoms with Crippen LogP contribution in [0.25, 0.3) is 10.9 Å². The van der Waals surface area contributed by atoms with Crippen LogP contribution in [0.15, 0.2) is 36.5 Å². The quantitative estimate of drug-likeness (QED) is 0.747. The molecule has 0 radical (unpaired) electrons. The van der Waals surface area contributed by atoms with Gasteiger partial charge in [-0.25, -0.2) is 4.39 Å². The highest BCUT2D eigenvalue weighted by molar-refractivity contribution is 5.95. The molecule has 3 rings (SSSR count). The molecule has 132 valence electrons. The molecule has 0 aliphatic carbocycles. The van der Waals surface area contributed by atoms with E-state index in [1.807, 2.05) is 12.1 Å². The van der Waals surface area contributed by atoms with Crippen LogP contribution >= 0.6 is 0 Å². The zero-order chi connectivity index (χ0) is 18.7. The lowest BCUT2D eigenvalue weighted by Crippen LogP contribution is -2.05. The van der Waals surface area contributed by atoms with Crippen molar-refractivity contribution in [1.82, 2.24) is 4.98 Å². The molecule has 1 heterocycles. The van der Waals surface area contributed by atoms with E-state index in [2.05, 4.69) is 16.4 Å². The molecular formula is C20H18FN3O2. The van der Waals surface area contributed by atoms with Gasteiger partial charge in [0, 0.05) is 29.8 Å². The Kier molecular flexibility index (Phi) is 4.90. The largest absolute Gasteiger partial charge is 0.497 e. The van der Waals surface area contributed by atoms with Crippen molar-refractivity contribution in [2.75, 3.05) is 19.5 Å². The molecular weight excluding hydrogens is 333 g/mol. The molecule has 0 aliphatic heterocycles. The predicted molar refractivity (Wildman–Crippen MR) is 98.0 cm³/mol. The fraction of sp³-hybridized carbons (Fsp3) is 0.200. The van der Waals surface area contributed by atoms with E-state index in [9.17, 15) is 9.65 Å². The lowest BCUT2D eigenvalue weighted by molar-refractivity contribution is 0.391. The molecule has 0 aliphatic rings. The SMILES string of the molecule is COc1ccc(CNc2c(C#N)cnc3c(C)cc(F)cc23)c(OC)c1. The number of rotatable bonds is 5. The van der Waals surface area contributed by atoms with Crippen molar-refractivity contribution >= 4 is 16.6 Å². The summed E-state index contributed by atoms with van der Waals surface area (Å²) < 4.78 is 24.5. The zero-order valence-corrected chi connectivity index (χ0v) is 14.8. The molecule has 0 saturated carbocycles. The maximum absolute atomic E-state index is 13.9. The standard InChI is InChI=1S/C20H18FN3O2/c1-12-6-15(21)7-17-19(12)23-11-14(9-22)20(17)24-10-13-4-5-16(25-2)8-18(13)26-3/h4-8,11H,10H2,1-3H3,(H,23,24).